The van der Waals surface area contributed by atoms with E-state index in [0.717, 1.165) is 34.2 Å². The Balaban J connectivity index is 1.61. The van der Waals surface area contributed by atoms with Crippen LogP contribution in [0.25, 0.3) is 0 Å². The molecule has 0 aliphatic heterocycles. The van der Waals surface area contributed by atoms with Gasteiger partial charge < -0.3 is 18.9 Å². The number of ether oxygens (including phenoxy) is 2. The molecule has 0 amide bonds. The largest absolute Gasteiger partial charge is 0.497 e. The standard InChI is InChI=1S/C37H46N2O4Si/c1-36(2,3)39(43-44(9,10)37(4,5)6)32-17-13-28(14-18-32)35(40)27-11-15-29(16-12-27)38(30-19-23-33(41-7)24-20-30)31-21-25-34(42-8)26-22-31/h11-26H,1-10H3. The highest BCUT2D eigenvalue weighted by Crippen LogP contribution is 2.40. The van der Waals surface area contributed by atoms with Crippen molar-refractivity contribution in [3.05, 3.63) is 108 Å². The van der Waals surface area contributed by atoms with E-state index in [1.165, 1.54) is 0 Å². The van der Waals surface area contributed by atoms with Crippen molar-refractivity contribution in [2.45, 2.75) is 65.2 Å². The minimum absolute atomic E-state index is 0.0313. The van der Waals surface area contributed by atoms with E-state index in [1.54, 1.807) is 14.2 Å². The molecule has 0 saturated heterocycles. The highest BCUT2D eigenvalue weighted by Gasteiger charge is 2.42. The van der Waals surface area contributed by atoms with Gasteiger partial charge in [-0.3, -0.25) is 9.86 Å². The van der Waals surface area contributed by atoms with Crippen molar-refractivity contribution in [3.8, 4) is 11.5 Å². The maximum atomic E-state index is 13.6. The van der Waals surface area contributed by atoms with Crippen molar-refractivity contribution in [2.75, 3.05) is 24.2 Å². The molecule has 6 nitrogen and oxygen atoms in total. The average molecular weight is 611 g/mol. The zero-order valence-electron chi connectivity index (χ0n) is 27.8. The lowest BCUT2D eigenvalue weighted by molar-refractivity contribution is 0.103. The zero-order valence-corrected chi connectivity index (χ0v) is 28.8. The fourth-order valence-electron chi connectivity index (χ4n) is 4.53. The van der Waals surface area contributed by atoms with E-state index in [1.807, 2.05) is 102 Å². The van der Waals surface area contributed by atoms with E-state index in [2.05, 4.69) is 59.5 Å². The van der Waals surface area contributed by atoms with Gasteiger partial charge in [-0.05, 0) is 136 Å². The summed E-state index contributed by atoms with van der Waals surface area (Å²) in [7, 11) is 1.23. The van der Waals surface area contributed by atoms with Crippen LogP contribution in [0.5, 0.6) is 11.5 Å². The number of carbonyl (C=O) groups excluding carboxylic acids is 1. The van der Waals surface area contributed by atoms with E-state index >= 15 is 0 Å². The first-order valence-electron chi connectivity index (χ1n) is 15.0. The van der Waals surface area contributed by atoms with Crippen LogP contribution in [0.15, 0.2) is 97.1 Å². The van der Waals surface area contributed by atoms with Crippen molar-refractivity contribution < 1.29 is 18.8 Å². The molecule has 0 saturated carbocycles. The molecular formula is C37H46N2O4Si. The van der Waals surface area contributed by atoms with Gasteiger partial charge in [-0.1, -0.05) is 20.8 Å². The molecule has 0 aliphatic rings. The number of benzene rings is 4. The monoisotopic (exact) mass is 610 g/mol. The Morgan fingerprint density at radius 1 is 0.568 bits per heavy atom. The number of hydrogen-bond acceptors (Lipinski definition) is 6. The first-order valence-corrected chi connectivity index (χ1v) is 17.9. The maximum Gasteiger partial charge on any atom is 0.228 e. The number of nitrogens with zero attached hydrogens (tertiary/aromatic N) is 2. The molecule has 232 valence electrons. The summed E-state index contributed by atoms with van der Waals surface area (Å²) in [6.45, 7) is 17.6. The number of anilines is 4. The van der Waals surface area contributed by atoms with Gasteiger partial charge in [0, 0.05) is 28.2 Å². The van der Waals surface area contributed by atoms with Crippen molar-refractivity contribution in [2.24, 2.45) is 0 Å². The molecule has 4 aromatic carbocycles. The van der Waals surface area contributed by atoms with Crippen molar-refractivity contribution >= 4 is 36.9 Å². The Kier molecular flexibility index (Phi) is 9.61. The molecule has 44 heavy (non-hydrogen) atoms. The molecule has 0 fully saturated rings. The molecule has 0 bridgehead atoms. The molecule has 0 spiro atoms. The van der Waals surface area contributed by atoms with Crippen LogP contribution in [0.2, 0.25) is 18.1 Å². The Morgan fingerprint density at radius 2 is 0.909 bits per heavy atom. The van der Waals surface area contributed by atoms with E-state index in [0.29, 0.717) is 11.1 Å². The molecule has 0 atom stereocenters. The van der Waals surface area contributed by atoms with Gasteiger partial charge in [-0.2, -0.15) is 0 Å². The van der Waals surface area contributed by atoms with Gasteiger partial charge in [0.15, 0.2) is 5.78 Å². The minimum atomic E-state index is -2.08. The minimum Gasteiger partial charge on any atom is -0.497 e. The summed E-state index contributed by atoms with van der Waals surface area (Å²) in [6.07, 6.45) is 0. The van der Waals surface area contributed by atoms with E-state index in [9.17, 15) is 4.79 Å². The second kappa shape index (κ2) is 12.9. The second-order valence-corrected chi connectivity index (χ2v) is 18.2. The van der Waals surface area contributed by atoms with E-state index in [-0.39, 0.29) is 16.4 Å². The topological polar surface area (TPSA) is 51.2 Å². The molecule has 0 unspecified atom stereocenters. The molecule has 4 aromatic rings. The van der Waals surface area contributed by atoms with Gasteiger partial charge >= 0.3 is 0 Å². The van der Waals surface area contributed by atoms with Crippen molar-refractivity contribution in [1.82, 2.24) is 0 Å². The van der Waals surface area contributed by atoms with Crippen LogP contribution < -0.4 is 19.4 Å². The van der Waals surface area contributed by atoms with Crippen LogP contribution in [0.3, 0.4) is 0 Å². The van der Waals surface area contributed by atoms with Crippen molar-refractivity contribution in [3.63, 3.8) is 0 Å². The molecule has 7 heteroatoms. The number of methoxy groups -OCH3 is 2. The Labute approximate surface area is 264 Å². The summed E-state index contributed by atoms with van der Waals surface area (Å²) in [4.78, 5) is 15.7. The third kappa shape index (κ3) is 7.34. The molecular weight excluding hydrogens is 565 g/mol. The lowest BCUT2D eigenvalue weighted by Gasteiger charge is -2.45. The summed E-state index contributed by atoms with van der Waals surface area (Å²) < 4.78 is 17.5. The molecule has 0 heterocycles. The van der Waals surface area contributed by atoms with Gasteiger partial charge in [-0.25, -0.2) is 0 Å². The van der Waals surface area contributed by atoms with Gasteiger partial charge in [0.1, 0.15) is 11.5 Å². The predicted octanol–water partition coefficient (Wildman–Crippen LogP) is 9.95. The lowest BCUT2D eigenvalue weighted by Crippen LogP contribution is -2.52. The first-order chi connectivity index (χ1) is 20.6. The van der Waals surface area contributed by atoms with Crippen LogP contribution in [0, 0.1) is 0 Å². The summed E-state index contributed by atoms with van der Waals surface area (Å²) in [5.41, 5.74) is 4.79. The lowest BCUT2D eigenvalue weighted by atomic mass is 10.0. The van der Waals surface area contributed by atoms with Gasteiger partial charge in [0.25, 0.3) is 0 Å². The Bertz CT molecular complexity index is 1490. The van der Waals surface area contributed by atoms with Crippen LogP contribution in [-0.2, 0) is 4.53 Å². The van der Waals surface area contributed by atoms with Crippen molar-refractivity contribution in [1.29, 1.82) is 0 Å². The third-order valence-corrected chi connectivity index (χ3v) is 12.4. The predicted molar refractivity (Wildman–Crippen MR) is 185 cm³/mol. The maximum absolute atomic E-state index is 13.6. The molecule has 0 N–H and O–H groups in total. The fourth-order valence-corrected chi connectivity index (χ4v) is 5.64. The molecule has 0 aromatic heterocycles. The normalized spacial score (nSPS) is 12.0. The molecule has 0 radical (unpaired) electrons. The summed E-state index contributed by atoms with van der Waals surface area (Å²) in [6, 6.07) is 31.3. The third-order valence-electron chi connectivity index (χ3n) is 8.15. The second-order valence-electron chi connectivity index (χ2n) is 13.5. The number of ketones is 1. The number of hydroxylamine groups is 1. The zero-order chi connectivity index (χ0) is 32.3. The van der Waals surface area contributed by atoms with Gasteiger partial charge in [0.05, 0.1) is 25.4 Å². The summed E-state index contributed by atoms with van der Waals surface area (Å²) in [5, 5.41) is 2.08. The highest BCUT2D eigenvalue weighted by atomic mass is 28.4. The number of hydrogen-bond donors (Lipinski definition) is 0. The highest BCUT2D eigenvalue weighted by molar-refractivity contribution is 6.74. The van der Waals surface area contributed by atoms with Crippen LogP contribution in [-0.4, -0.2) is 33.9 Å². The van der Waals surface area contributed by atoms with Crippen LogP contribution >= 0.6 is 0 Å². The number of carbonyl (C=O) groups is 1. The van der Waals surface area contributed by atoms with Gasteiger partial charge in [0.2, 0.25) is 8.32 Å². The summed E-state index contributed by atoms with van der Waals surface area (Å²) in [5.74, 6) is 1.54. The Hall–Kier alpha value is -4.07. The number of rotatable bonds is 10. The van der Waals surface area contributed by atoms with E-state index in [4.69, 9.17) is 14.0 Å². The molecule has 0 aliphatic carbocycles. The van der Waals surface area contributed by atoms with Crippen LogP contribution in [0.1, 0.15) is 57.5 Å². The SMILES string of the molecule is COc1ccc(N(c2ccc(OC)cc2)c2ccc(C(=O)c3ccc(N(O[Si](C)(C)C(C)(C)C)C(C)(C)C)cc3)cc2)cc1. The van der Waals surface area contributed by atoms with E-state index < -0.39 is 8.32 Å². The smallest absolute Gasteiger partial charge is 0.228 e. The molecule has 4 rings (SSSR count). The van der Waals surface area contributed by atoms with Gasteiger partial charge in [-0.15, -0.1) is 0 Å². The average Bonchev–Trinajstić information content (AvgIpc) is 3.00. The summed E-state index contributed by atoms with van der Waals surface area (Å²) >= 11 is 0. The fraction of sp³-hybridized carbons (Fsp3) is 0.324. The Morgan fingerprint density at radius 3 is 1.23 bits per heavy atom. The first kappa shape index (κ1) is 32.8. The van der Waals surface area contributed by atoms with Crippen LogP contribution in [0.4, 0.5) is 22.7 Å². The quantitative estimate of drug-likeness (QED) is 0.101.